The Bertz CT molecular complexity index is 444. The zero-order chi connectivity index (χ0) is 16.0. The van der Waals surface area contributed by atoms with E-state index >= 15 is 0 Å². The van der Waals surface area contributed by atoms with E-state index < -0.39 is 0 Å². The summed E-state index contributed by atoms with van der Waals surface area (Å²) in [7, 11) is 0. The summed E-state index contributed by atoms with van der Waals surface area (Å²) in [4.78, 5) is 0. The van der Waals surface area contributed by atoms with Gasteiger partial charge in [0.25, 0.3) is 0 Å². The second kappa shape index (κ2) is 7.79. The summed E-state index contributed by atoms with van der Waals surface area (Å²) in [5.41, 5.74) is 4.39. The second-order valence-corrected chi connectivity index (χ2v) is 7.77. The minimum absolute atomic E-state index is 0.224. The Morgan fingerprint density at radius 3 is 2.05 bits per heavy atom. The third-order valence-corrected chi connectivity index (χ3v) is 3.75. The van der Waals surface area contributed by atoms with Crippen LogP contribution in [0.5, 0.6) is 0 Å². The molecule has 0 saturated carbocycles. The van der Waals surface area contributed by atoms with Crippen LogP contribution in [-0.2, 0) is 5.41 Å². The predicted octanol–water partition coefficient (Wildman–Crippen LogP) is 5.27. The third-order valence-electron chi connectivity index (χ3n) is 3.75. The zero-order valence-corrected chi connectivity index (χ0v) is 15.0. The van der Waals surface area contributed by atoms with Crippen molar-refractivity contribution in [3.8, 4) is 0 Å². The molecule has 0 bridgehead atoms. The summed E-state index contributed by atoms with van der Waals surface area (Å²) in [5.74, 6) is 1.27. The van der Waals surface area contributed by atoms with Crippen LogP contribution in [0.25, 0.3) is 6.08 Å². The van der Waals surface area contributed by atoms with Crippen molar-refractivity contribution in [2.75, 3.05) is 13.1 Å². The number of hydrogen-bond donors (Lipinski definition) is 1. The Balaban J connectivity index is 2.80. The van der Waals surface area contributed by atoms with Crippen molar-refractivity contribution in [2.45, 2.75) is 53.9 Å². The van der Waals surface area contributed by atoms with Gasteiger partial charge in [-0.1, -0.05) is 84.4 Å². The van der Waals surface area contributed by atoms with Crippen molar-refractivity contribution >= 4 is 6.08 Å². The van der Waals surface area contributed by atoms with Crippen molar-refractivity contribution in [2.24, 2.45) is 11.8 Å². The summed E-state index contributed by atoms with van der Waals surface area (Å²) in [6, 6.07) is 8.99. The lowest BCUT2D eigenvalue weighted by atomic mass is 9.86. The van der Waals surface area contributed by atoms with Crippen molar-refractivity contribution < 1.29 is 0 Å². The highest BCUT2D eigenvalue weighted by molar-refractivity contribution is 5.54. The molecule has 0 aromatic heterocycles. The van der Waals surface area contributed by atoms with Gasteiger partial charge in [-0.05, 0) is 34.9 Å². The molecule has 21 heavy (non-hydrogen) atoms. The highest BCUT2D eigenvalue weighted by Gasteiger charge is 2.12. The highest BCUT2D eigenvalue weighted by atomic mass is 14.9. The Kier molecular flexibility index (Phi) is 6.67. The first-order chi connectivity index (χ1) is 9.70. The van der Waals surface area contributed by atoms with Crippen molar-refractivity contribution in [3.63, 3.8) is 0 Å². The molecule has 1 rings (SSSR count). The molecule has 0 saturated heterocycles. The maximum absolute atomic E-state index is 3.55. The van der Waals surface area contributed by atoms with Crippen LogP contribution < -0.4 is 5.32 Å². The predicted molar refractivity (Wildman–Crippen MR) is 95.7 cm³/mol. The summed E-state index contributed by atoms with van der Waals surface area (Å²) in [6.45, 7) is 17.9. The van der Waals surface area contributed by atoms with E-state index in [-0.39, 0.29) is 5.41 Å². The molecule has 1 aromatic rings. The summed E-state index contributed by atoms with van der Waals surface area (Å²) in [6.07, 6.45) is 2.34. The molecular weight excluding hydrogens is 254 g/mol. The standard InChI is InChI=1S/C20H33N/c1-15(2)13-21-14-18(16(3)4)12-17-8-10-19(11-9-17)20(5,6)7/h8-12,15-16,21H,13-14H2,1-7H3. The van der Waals surface area contributed by atoms with Gasteiger partial charge in [0.2, 0.25) is 0 Å². The van der Waals surface area contributed by atoms with Gasteiger partial charge < -0.3 is 5.32 Å². The van der Waals surface area contributed by atoms with Crippen LogP contribution in [0.2, 0.25) is 0 Å². The number of benzene rings is 1. The van der Waals surface area contributed by atoms with Gasteiger partial charge in [-0.25, -0.2) is 0 Å². The fourth-order valence-electron chi connectivity index (χ4n) is 2.22. The Labute approximate surface area is 131 Å². The summed E-state index contributed by atoms with van der Waals surface area (Å²) >= 11 is 0. The van der Waals surface area contributed by atoms with E-state index in [1.165, 1.54) is 16.7 Å². The van der Waals surface area contributed by atoms with Crippen LogP contribution in [0, 0.1) is 11.8 Å². The molecule has 0 atom stereocenters. The van der Waals surface area contributed by atoms with Crippen molar-refractivity contribution in [1.29, 1.82) is 0 Å². The monoisotopic (exact) mass is 287 g/mol. The first-order valence-corrected chi connectivity index (χ1v) is 8.22. The van der Waals surface area contributed by atoms with Gasteiger partial charge in [-0.15, -0.1) is 0 Å². The van der Waals surface area contributed by atoms with Gasteiger partial charge in [0.05, 0.1) is 0 Å². The Morgan fingerprint density at radius 1 is 1.05 bits per heavy atom. The first kappa shape index (κ1) is 18.0. The van der Waals surface area contributed by atoms with Crippen molar-refractivity contribution in [1.82, 2.24) is 5.32 Å². The molecule has 1 heteroatoms. The van der Waals surface area contributed by atoms with Gasteiger partial charge >= 0.3 is 0 Å². The Hall–Kier alpha value is -1.08. The summed E-state index contributed by atoms with van der Waals surface area (Å²) in [5, 5.41) is 3.55. The third kappa shape index (κ3) is 6.48. The average molecular weight is 287 g/mol. The van der Waals surface area contributed by atoms with Crippen LogP contribution in [-0.4, -0.2) is 13.1 Å². The normalized spacial score (nSPS) is 13.3. The molecule has 0 aliphatic heterocycles. The molecule has 0 fully saturated rings. The Morgan fingerprint density at radius 2 is 1.62 bits per heavy atom. The maximum atomic E-state index is 3.55. The van der Waals surface area contributed by atoms with Crippen molar-refractivity contribution in [3.05, 3.63) is 41.0 Å². The molecule has 0 aliphatic carbocycles. The molecule has 0 aliphatic rings. The number of hydrogen-bond acceptors (Lipinski definition) is 1. The lowest BCUT2D eigenvalue weighted by molar-refractivity contribution is 0.558. The van der Waals surface area contributed by atoms with E-state index in [4.69, 9.17) is 0 Å². The van der Waals surface area contributed by atoms with E-state index in [1.807, 2.05) is 0 Å². The fourth-order valence-corrected chi connectivity index (χ4v) is 2.22. The lowest BCUT2D eigenvalue weighted by Gasteiger charge is -2.19. The van der Waals surface area contributed by atoms with Gasteiger partial charge in [-0.2, -0.15) is 0 Å². The zero-order valence-electron chi connectivity index (χ0n) is 15.0. The molecule has 0 amide bonds. The van der Waals surface area contributed by atoms with Crippen LogP contribution in [0.3, 0.4) is 0 Å². The van der Waals surface area contributed by atoms with Crippen LogP contribution in [0.1, 0.15) is 59.6 Å². The maximum Gasteiger partial charge on any atom is 0.0170 e. The topological polar surface area (TPSA) is 12.0 Å². The minimum atomic E-state index is 0.224. The SMILES string of the molecule is CC(C)CNCC(=Cc1ccc(C(C)(C)C)cc1)C(C)C. The number of nitrogens with one attached hydrogen (secondary N) is 1. The van der Waals surface area contributed by atoms with Crippen LogP contribution in [0.15, 0.2) is 29.8 Å². The fraction of sp³-hybridized carbons (Fsp3) is 0.600. The average Bonchev–Trinajstić information content (AvgIpc) is 2.36. The molecule has 1 N–H and O–H groups in total. The highest BCUT2D eigenvalue weighted by Crippen LogP contribution is 2.23. The van der Waals surface area contributed by atoms with Gasteiger partial charge in [-0.3, -0.25) is 0 Å². The smallest absolute Gasteiger partial charge is 0.0170 e. The summed E-state index contributed by atoms with van der Waals surface area (Å²) < 4.78 is 0. The van der Waals surface area contributed by atoms with E-state index in [0.717, 1.165) is 13.1 Å². The lowest BCUT2D eigenvalue weighted by Crippen LogP contribution is -2.23. The van der Waals surface area contributed by atoms with Gasteiger partial charge in [0.1, 0.15) is 0 Å². The van der Waals surface area contributed by atoms with Gasteiger partial charge in [0.15, 0.2) is 0 Å². The van der Waals surface area contributed by atoms with E-state index in [9.17, 15) is 0 Å². The van der Waals surface area contributed by atoms with Crippen LogP contribution in [0.4, 0.5) is 0 Å². The quantitative estimate of drug-likeness (QED) is 0.751. The van der Waals surface area contributed by atoms with Gasteiger partial charge in [0, 0.05) is 6.54 Å². The molecule has 0 unspecified atom stereocenters. The van der Waals surface area contributed by atoms with E-state index in [1.54, 1.807) is 0 Å². The number of rotatable bonds is 6. The van der Waals surface area contributed by atoms with Crippen LogP contribution >= 0.6 is 0 Å². The molecular formula is C20H33N. The molecule has 0 spiro atoms. The molecule has 0 heterocycles. The largest absolute Gasteiger partial charge is 0.313 e. The van der Waals surface area contributed by atoms with E-state index in [2.05, 4.69) is 84.1 Å². The molecule has 1 nitrogen and oxygen atoms in total. The minimum Gasteiger partial charge on any atom is -0.313 e. The first-order valence-electron chi connectivity index (χ1n) is 8.22. The molecule has 118 valence electrons. The van der Waals surface area contributed by atoms with E-state index in [0.29, 0.717) is 11.8 Å². The molecule has 0 radical (unpaired) electrons. The molecule has 1 aromatic carbocycles. The second-order valence-electron chi connectivity index (χ2n) is 7.77.